The number of hydrogen-bond donors (Lipinski definition) is 3. The molecule has 7 heteroatoms. The fraction of sp³-hybridized carbons (Fsp3) is 0.176. The number of carbonyl (C=O) groups is 2. The Kier molecular flexibility index (Phi) is 9.08. The molecule has 0 aliphatic rings. The number of amides is 1. The van der Waals surface area contributed by atoms with Crippen molar-refractivity contribution >= 4 is 22.8 Å². The van der Waals surface area contributed by atoms with Crippen molar-refractivity contribution in [3.05, 3.63) is 138 Å². The molecule has 3 N–H and O–H groups in total. The van der Waals surface area contributed by atoms with Crippen molar-refractivity contribution in [2.45, 2.75) is 25.6 Å². The van der Waals surface area contributed by atoms with Crippen LogP contribution in [0.1, 0.15) is 27.0 Å². The van der Waals surface area contributed by atoms with E-state index in [2.05, 4.69) is 39.5 Å². The number of aromatic nitrogens is 1. The van der Waals surface area contributed by atoms with E-state index in [0.717, 1.165) is 36.1 Å². The summed E-state index contributed by atoms with van der Waals surface area (Å²) in [7, 11) is 0. The third kappa shape index (κ3) is 7.62. The highest BCUT2D eigenvalue weighted by molar-refractivity contribution is 5.97. The maximum atomic E-state index is 12.9. The third-order valence-corrected chi connectivity index (χ3v) is 6.99. The summed E-state index contributed by atoms with van der Waals surface area (Å²) in [4.78, 5) is 30.3. The molecule has 1 amide bonds. The van der Waals surface area contributed by atoms with Gasteiger partial charge in [0.2, 0.25) is 0 Å². The molecule has 0 bridgehead atoms. The molecule has 208 valence electrons. The Labute approximate surface area is 239 Å². The number of aliphatic carboxylic acids is 1. The van der Waals surface area contributed by atoms with E-state index < -0.39 is 17.9 Å². The summed E-state index contributed by atoms with van der Waals surface area (Å²) in [6.45, 7) is 2.82. The fourth-order valence-corrected chi connectivity index (χ4v) is 4.85. The number of benzene rings is 4. The topological polar surface area (TPSA) is 94.7 Å². The van der Waals surface area contributed by atoms with Crippen LogP contribution in [0.2, 0.25) is 0 Å². The van der Waals surface area contributed by atoms with E-state index in [0.29, 0.717) is 17.9 Å². The van der Waals surface area contributed by atoms with Gasteiger partial charge in [0.1, 0.15) is 18.4 Å². The smallest absolute Gasteiger partial charge is 0.326 e. The Bertz CT molecular complexity index is 1520. The Morgan fingerprint density at radius 2 is 1.41 bits per heavy atom. The van der Waals surface area contributed by atoms with Crippen molar-refractivity contribution in [1.29, 1.82) is 0 Å². The van der Waals surface area contributed by atoms with Crippen LogP contribution in [0.5, 0.6) is 5.75 Å². The average molecular weight is 548 g/mol. The molecule has 0 aliphatic carbocycles. The molecule has 0 aliphatic heterocycles. The standard InChI is InChI=1S/C34H33N3O4/c38-33(36-32(34(39)40)21-28-22-35-31-14-8-7-13-30(28)31)27-15-17-29(18-16-27)41-20-19-37(23-25-9-3-1-4-10-25)24-26-11-5-2-6-12-26/h1-18,22,32,35H,19-21,23-24H2,(H,36,38)(H,39,40)/t32-/m1/s1. The van der Waals surface area contributed by atoms with Gasteiger partial charge in [-0.05, 0) is 47.0 Å². The summed E-state index contributed by atoms with van der Waals surface area (Å²) in [6, 6.07) is 34.1. The molecule has 0 saturated heterocycles. The number of rotatable bonds is 13. The number of nitrogens with zero attached hydrogens (tertiary/aromatic N) is 1. The number of aromatic amines is 1. The van der Waals surface area contributed by atoms with Crippen molar-refractivity contribution in [3.63, 3.8) is 0 Å². The zero-order valence-electron chi connectivity index (χ0n) is 22.7. The first kappa shape index (κ1) is 27.7. The van der Waals surface area contributed by atoms with E-state index in [4.69, 9.17) is 4.74 Å². The largest absolute Gasteiger partial charge is 0.492 e. The first-order valence-corrected chi connectivity index (χ1v) is 13.7. The number of carbonyl (C=O) groups excluding carboxylic acids is 1. The number of ether oxygens (including phenoxy) is 1. The fourth-order valence-electron chi connectivity index (χ4n) is 4.85. The van der Waals surface area contributed by atoms with Crippen LogP contribution in [0.4, 0.5) is 0 Å². The molecule has 41 heavy (non-hydrogen) atoms. The number of fused-ring (bicyclic) bond motifs is 1. The summed E-state index contributed by atoms with van der Waals surface area (Å²) < 4.78 is 6.01. The number of hydrogen-bond acceptors (Lipinski definition) is 4. The van der Waals surface area contributed by atoms with Gasteiger partial charge in [-0.2, -0.15) is 0 Å². The molecular formula is C34H33N3O4. The van der Waals surface area contributed by atoms with Crippen LogP contribution >= 0.6 is 0 Å². The minimum atomic E-state index is -1.08. The molecule has 0 saturated carbocycles. The number of nitrogens with one attached hydrogen (secondary N) is 2. The average Bonchev–Trinajstić information content (AvgIpc) is 3.41. The normalized spacial score (nSPS) is 11.8. The Morgan fingerprint density at radius 3 is 2.05 bits per heavy atom. The molecule has 1 aromatic heterocycles. The summed E-state index contributed by atoms with van der Waals surface area (Å²) >= 11 is 0. The zero-order valence-corrected chi connectivity index (χ0v) is 22.7. The lowest BCUT2D eigenvalue weighted by Gasteiger charge is -2.23. The zero-order chi connectivity index (χ0) is 28.4. The van der Waals surface area contributed by atoms with E-state index in [1.165, 1.54) is 11.1 Å². The molecular weight excluding hydrogens is 514 g/mol. The first-order valence-electron chi connectivity index (χ1n) is 13.7. The molecule has 5 aromatic rings. The molecule has 0 fully saturated rings. The number of para-hydroxylation sites is 1. The molecule has 4 aromatic carbocycles. The minimum absolute atomic E-state index is 0.175. The Morgan fingerprint density at radius 1 is 0.805 bits per heavy atom. The highest BCUT2D eigenvalue weighted by atomic mass is 16.5. The summed E-state index contributed by atoms with van der Waals surface area (Å²) in [5.41, 5.74) is 4.62. The van der Waals surface area contributed by atoms with E-state index in [9.17, 15) is 14.7 Å². The monoisotopic (exact) mass is 547 g/mol. The van der Waals surface area contributed by atoms with Crippen molar-refractivity contribution in [2.75, 3.05) is 13.2 Å². The van der Waals surface area contributed by atoms with Gasteiger partial charge in [0, 0.05) is 48.7 Å². The van der Waals surface area contributed by atoms with Crippen LogP contribution < -0.4 is 10.1 Å². The quantitative estimate of drug-likeness (QED) is 0.176. The number of carboxylic acid groups (broad SMARTS) is 1. The van der Waals surface area contributed by atoms with E-state index in [-0.39, 0.29) is 6.42 Å². The second-order valence-electron chi connectivity index (χ2n) is 9.98. The van der Waals surface area contributed by atoms with Crippen LogP contribution in [-0.4, -0.2) is 46.1 Å². The molecule has 0 radical (unpaired) electrons. The molecule has 1 heterocycles. The van der Waals surface area contributed by atoms with Crippen LogP contribution in [-0.2, 0) is 24.3 Å². The highest BCUT2D eigenvalue weighted by Gasteiger charge is 2.22. The van der Waals surface area contributed by atoms with Crippen LogP contribution in [0.25, 0.3) is 10.9 Å². The van der Waals surface area contributed by atoms with Gasteiger partial charge in [0.15, 0.2) is 0 Å². The molecule has 0 unspecified atom stereocenters. The van der Waals surface area contributed by atoms with E-state index in [1.807, 2.05) is 60.7 Å². The second kappa shape index (κ2) is 13.5. The van der Waals surface area contributed by atoms with Gasteiger partial charge in [-0.25, -0.2) is 4.79 Å². The summed E-state index contributed by atoms with van der Waals surface area (Å²) in [5.74, 6) is -0.880. The van der Waals surface area contributed by atoms with Gasteiger partial charge in [-0.3, -0.25) is 9.69 Å². The van der Waals surface area contributed by atoms with Crippen LogP contribution in [0, 0.1) is 0 Å². The van der Waals surface area contributed by atoms with Gasteiger partial charge < -0.3 is 20.1 Å². The van der Waals surface area contributed by atoms with E-state index >= 15 is 0 Å². The maximum Gasteiger partial charge on any atom is 0.326 e. The number of carboxylic acids is 1. The van der Waals surface area contributed by atoms with Crippen molar-refractivity contribution in [2.24, 2.45) is 0 Å². The van der Waals surface area contributed by atoms with Crippen molar-refractivity contribution in [1.82, 2.24) is 15.2 Å². The van der Waals surface area contributed by atoms with Crippen molar-refractivity contribution in [3.8, 4) is 5.75 Å². The Balaban J connectivity index is 1.16. The van der Waals surface area contributed by atoms with Gasteiger partial charge >= 0.3 is 5.97 Å². The Hall–Kier alpha value is -4.88. The van der Waals surface area contributed by atoms with Gasteiger partial charge in [0.05, 0.1) is 0 Å². The summed E-state index contributed by atoms with van der Waals surface area (Å²) in [6.07, 6.45) is 1.97. The molecule has 7 nitrogen and oxygen atoms in total. The number of H-pyrrole nitrogens is 1. The SMILES string of the molecule is O=C(N[C@H](Cc1c[nH]c2ccccc12)C(=O)O)c1ccc(OCCN(Cc2ccccc2)Cc2ccccc2)cc1. The van der Waals surface area contributed by atoms with Gasteiger partial charge in [-0.1, -0.05) is 78.9 Å². The second-order valence-corrected chi connectivity index (χ2v) is 9.98. The predicted molar refractivity (Wildman–Crippen MR) is 160 cm³/mol. The maximum absolute atomic E-state index is 12.9. The predicted octanol–water partition coefficient (Wildman–Crippen LogP) is 5.67. The lowest BCUT2D eigenvalue weighted by molar-refractivity contribution is -0.139. The highest BCUT2D eigenvalue weighted by Crippen LogP contribution is 2.20. The van der Waals surface area contributed by atoms with Crippen molar-refractivity contribution < 1.29 is 19.4 Å². The van der Waals surface area contributed by atoms with Crippen LogP contribution in [0.3, 0.4) is 0 Å². The summed E-state index contributed by atoms with van der Waals surface area (Å²) in [5, 5.41) is 13.4. The van der Waals surface area contributed by atoms with Gasteiger partial charge in [0.25, 0.3) is 5.91 Å². The molecule has 0 spiro atoms. The van der Waals surface area contributed by atoms with Gasteiger partial charge in [-0.15, -0.1) is 0 Å². The van der Waals surface area contributed by atoms with E-state index in [1.54, 1.807) is 30.5 Å². The minimum Gasteiger partial charge on any atom is -0.492 e. The molecule has 1 atom stereocenters. The lowest BCUT2D eigenvalue weighted by Crippen LogP contribution is -2.42. The molecule has 5 rings (SSSR count). The first-order chi connectivity index (χ1) is 20.0. The third-order valence-electron chi connectivity index (χ3n) is 6.99. The van der Waals surface area contributed by atoms with Crippen LogP contribution in [0.15, 0.2) is 115 Å². The lowest BCUT2D eigenvalue weighted by atomic mass is 10.0.